The van der Waals surface area contributed by atoms with Crippen molar-refractivity contribution < 1.29 is 13.3 Å². The highest BCUT2D eigenvalue weighted by Crippen LogP contribution is 2.28. The fraction of sp³-hybridized carbons (Fsp3) is 0.176. The molecule has 4 rings (SSSR count). The summed E-state index contributed by atoms with van der Waals surface area (Å²) in [4.78, 5) is 4.24. The second-order valence-corrected chi connectivity index (χ2v) is 6.84. The van der Waals surface area contributed by atoms with E-state index in [4.69, 9.17) is 20.5 Å². The Morgan fingerprint density at radius 2 is 2.15 bits per heavy atom. The second kappa shape index (κ2) is 7.53. The van der Waals surface area contributed by atoms with Gasteiger partial charge in [0, 0.05) is 11.6 Å². The van der Waals surface area contributed by atoms with E-state index in [0.29, 0.717) is 39.9 Å². The first-order valence-corrected chi connectivity index (χ1v) is 9.40. The molecule has 0 atom stereocenters. The van der Waals surface area contributed by atoms with Gasteiger partial charge >= 0.3 is 0 Å². The summed E-state index contributed by atoms with van der Waals surface area (Å²) in [5.41, 5.74) is 0.170. The lowest BCUT2D eigenvalue weighted by molar-refractivity contribution is 0.422. The molecular weight excluding hydrogens is 393 g/mol. The number of furan rings is 1. The molecule has 27 heavy (non-hydrogen) atoms. The van der Waals surface area contributed by atoms with Gasteiger partial charge in [-0.2, -0.15) is 4.98 Å². The SMILES string of the molecule is CCn1c(SCc2noc(-c3cc(Cl)ccc3F)n2)nnc1-c1ccco1. The quantitative estimate of drug-likeness (QED) is 0.430. The molecule has 0 saturated heterocycles. The molecule has 7 nitrogen and oxygen atoms in total. The molecule has 10 heteroatoms. The molecule has 0 radical (unpaired) electrons. The van der Waals surface area contributed by atoms with Crippen molar-refractivity contribution in [3.05, 3.63) is 53.3 Å². The lowest BCUT2D eigenvalue weighted by Gasteiger charge is -2.04. The van der Waals surface area contributed by atoms with Gasteiger partial charge in [-0.25, -0.2) is 4.39 Å². The Bertz CT molecular complexity index is 1060. The molecule has 0 aliphatic heterocycles. The van der Waals surface area contributed by atoms with E-state index in [1.807, 2.05) is 17.6 Å². The van der Waals surface area contributed by atoms with Crippen LogP contribution in [0.25, 0.3) is 23.0 Å². The third-order valence-electron chi connectivity index (χ3n) is 3.73. The molecule has 0 N–H and O–H groups in total. The van der Waals surface area contributed by atoms with Gasteiger partial charge in [-0.05, 0) is 37.3 Å². The molecule has 0 amide bonds. The summed E-state index contributed by atoms with van der Waals surface area (Å²) in [5, 5.41) is 13.4. The van der Waals surface area contributed by atoms with Crippen molar-refractivity contribution >= 4 is 23.4 Å². The first kappa shape index (κ1) is 17.7. The summed E-state index contributed by atoms with van der Waals surface area (Å²) in [6.07, 6.45) is 1.59. The molecule has 0 bridgehead atoms. The van der Waals surface area contributed by atoms with Crippen LogP contribution >= 0.6 is 23.4 Å². The van der Waals surface area contributed by atoms with Crippen molar-refractivity contribution in [2.24, 2.45) is 0 Å². The van der Waals surface area contributed by atoms with E-state index in [9.17, 15) is 4.39 Å². The van der Waals surface area contributed by atoms with Crippen molar-refractivity contribution in [1.29, 1.82) is 0 Å². The zero-order chi connectivity index (χ0) is 18.8. The molecular formula is C17H13ClFN5O2S. The second-order valence-electron chi connectivity index (χ2n) is 5.46. The number of benzene rings is 1. The Morgan fingerprint density at radius 1 is 1.26 bits per heavy atom. The van der Waals surface area contributed by atoms with E-state index in [2.05, 4.69) is 20.3 Å². The minimum atomic E-state index is -0.476. The molecule has 3 aromatic heterocycles. The summed E-state index contributed by atoms with van der Waals surface area (Å²) in [7, 11) is 0. The number of aromatic nitrogens is 5. The van der Waals surface area contributed by atoms with Crippen LogP contribution in [0.4, 0.5) is 4.39 Å². The number of thioether (sulfide) groups is 1. The van der Waals surface area contributed by atoms with Crippen LogP contribution in [0.3, 0.4) is 0 Å². The van der Waals surface area contributed by atoms with Crippen molar-refractivity contribution in [3.63, 3.8) is 0 Å². The Balaban J connectivity index is 1.52. The highest BCUT2D eigenvalue weighted by Gasteiger charge is 2.18. The zero-order valence-corrected chi connectivity index (χ0v) is 15.7. The lowest BCUT2D eigenvalue weighted by atomic mass is 10.2. The highest BCUT2D eigenvalue weighted by molar-refractivity contribution is 7.98. The summed E-state index contributed by atoms with van der Waals surface area (Å²) in [6.45, 7) is 2.67. The molecule has 4 aromatic rings. The topological polar surface area (TPSA) is 82.8 Å². The maximum absolute atomic E-state index is 13.9. The number of hydrogen-bond acceptors (Lipinski definition) is 7. The third kappa shape index (κ3) is 3.60. The fourth-order valence-electron chi connectivity index (χ4n) is 2.48. The molecule has 138 valence electrons. The molecule has 0 aliphatic carbocycles. The van der Waals surface area contributed by atoms with Gasteiger partial charge in [-0.15, -0.1) is 10.2 Å². The fourth-order valence-corrected chi connectivity index (χ4v) is 3.50. The summed E-state index contributed by atoms with van der Waals surface area (Å²) in [6, 6.07) is 7.80. The van der Waals surface area contributed by atoms with Gasteiger partial charge in [-0.3, -0.25) is 4.57 Å². The van der Waals surface area contributed by atoms with E-state index < -0.39 is 5.82 Å². The minimum Gasteiger partial charge on any atom is -0.461 e. The molecule has 1 aromatic carbocycles. The van der Waals surface area contributed by atoms with E-state index in [1.165, 1.54) is 30.0 Å². The van der Waals surface area contributed by atoms with E-state index in [-0.39, 0.29) is 11.5 Å². The molecule has 3 heterocycles. The van der Waals surface area contributed by atoms with Gasteiger partial charge < -0.3 is 8.94 Å². The predicted molar refractivity (Wildman–Crippen MR) is 97.7 cm³/mol. The van der Waals surface area contributed by atoms with Crippen LogP contribution in [0.5, 0.6) is 0 Å². The normalized spacial score (nSPS) is 11.2. The number of halogens is 2. The maximum atomic E-state index is 13.9. The van der Waals surface area contributed by atoms with E-state index in [1.54, 1.807) is 12.3 Å². The average molecular weight is 406 g/mol. The van der Waals surface area contributed by atoms with E-state index in [0.717, 1.165) is 0 Å². The molecule has 0 unspecified atom stereocenters. The predicted octanol–water partition coefficient (Wildman–Crippen LogP) is 4.69. The number of rotatable bonds is 6. The zero-order valence-electron chi connectivity index (χ0n) is 14.1. The summed E-state index contributed by atoms with van der Waals surface area (Å²) < 4.78 is 26.4. The van der Waals surface area contributed by atoms with Gasteiger partial charge in [0.25, 0.3) is 5.89 Å². The van der Waals surface area contributed by atoms with Gasteiger partial charge in [0.05, 0.1) is 17.6 Å². The monoisotopic (exact) mass is 405 g/mol. The standard InChI is InChI=1S/C17H13ClFN5O2S/c1-2-24-15(13-4-3-7-25-13)21-22-17(24)27-9-14-20-16(26-23-14)11-8-10(18)5-6-12(11)19/h3-8H,2,9H2,1H3. The number of nitrogens with zero attached hydrogens (tertiary/aromatic N) is 5. The summed E-state index contributed by atoms with van der Waals surface area (Å²) >= 11 is 7.31. The van der Waals surface area contributed by atoms with Crippen LogP contribution in [0.2, 0.25) is 5.02 Å². The van der Waals surface area contributed by atoms with Crippen LogP contribution in [-0.2, 0) is 12.3 Å². The van der Waals surface area contributed by atoms with Crippen LogP contribution in [0, 0.1) is 5.82 Å². The first-order valence-electron chi connectivity index (χ1n) is 8.03. The molecule has 0 fully saturated rings. The van der Waals surface area contributed by atoms with Crippen molar-refractivity contribution in [1.82, 2.24) is 24.9 Å². The Morgan fingerprint density at radius 3 is 2.93 bits per heavy atom. The van der Waals surface area contributed by atoms with Gasteiger partial charge in [0.1, 0.15) is 5.82 Å². The van der Waals surface area contributed by atoms with Crippen molar-refractivity contribution in [3.8, 4) is 23.0 Å². The maximum Gasteiger partial charge on any atom is 0.260 e. The first-order chi connectivity index (χ1) is 13.2. The Labute approximate surface area is 162 Å². The molecule has 0 saturated carbocycles. The Hall–Kier alpha value is -2.65. The van der Waals surface area contributed by atoms with Gasteiger partial charge in [-0.1, -0.05) is 28.5 Å². The minimum absolute atomic E-state index is 0.0823. The summed E-state index contributed by atoms with van der Waals surface area (Å²) in [5.74, 6) is 1.71. The largest absolute Gasteiger partial charge is 0.461 e. The van der Waals surface area contributed by atoms with Gasteiger partial charge in [0.15, 0.2) is 22.6 Å². The third-order valence-corrected chi connectivity index (χ3v) is 4.93. The van der Waals surface area contributed by atoms with E-state index >= 15 is 0 Å². The van der Waals surface area contributed by atoms with Crippen LogP contribution in [-0.4, -0.2) is 24.9 Å². The van der Waals surface area contributed by atoms with Crippen molar-refractivity contribution in [2.75, 3.05) is 0 Å². The molecule has 0 aliphatic rings. The van der Waals surface area contributed by atoms with Crippen LogP contribution < -0.4 is 0 Å². The van der Waals surface area contributed by atoms with Gasteiger partial charge in [0.2, 0.25) is 0 Å². The smallest absolute Gasteiger partial charge is 0.260 e. The molecule has 0 spiro atoms. The highest BCUT2D eigenvalue weighted by atomic mass is 35.5. The lowest BCUT2D eigenvalue weighted by Crippen LogP contribution is -1.99. The Kier molecular flexibility index (Phi) is 4.95. The van der Waals surface area contributed by atoms with Crippen LogP contribution in [0.1, 0.15) is 12.7 Å². The van der Waals surface area contributed by atoms with Crippen LogP contribution in [0.15, 0.2) is 50.7 Å². The number of hydrogen-bond donors (Lipinski definition) is 0. The average Bonchev–Trinajstić information content (AvgIpc) is 3.41. The van der Waals surface area contributed by atoms with Crippen molar-refractivity contribution in [2.45, 2.75) is 24.4 Å².